The number of nitrogens with zero attached hydrogens (tertiary/aromatic N) is 3. The molecule has 0 bridgehead atoms. The summed E-state index contributed by atoms with van der Waals surface area (Å²) in [5, 5.41) is 2.89. The quantitative estimate of drug-likeness (QED) is 0.859. The number of imidazole rings is 1. The molecule has 0 saturated heterocycles. The number of thiazole rings is 1. The van der Waals surface area contributed by atoms with E-state index in [0.29, 0.717) is 6.42 Å². The van der Waals surface area contributed by atoms with E-state index in [0.717, 1.165) is 10.8 Å². The fraction of sp³-hybridized carbons (Fsp3) is 0.300. The molecule has 5 nitrogen and oxygen atoms in total. The first-order valence-corrected chi connectivity index (χ1v) is 5.76. The number of rotatable bonds is 4. The van der Waals surface area contributed by atoms with Gasteiger partial charge in [-0.1, -0.05) is 0 Å². The highest BCUT2D eigenvalue weighted by molar-refractivity contribution is 7.09. The Hall–Kier alpha value is -1.69. The summed E-state index contributed by atoms with van der Waals surface area (Å²) in [5.74, 6) is 0.444. The van der Waals surface area contributed by atoms with Crippen molar-refractivity contribution in [3.8, 4) is 0 Å². The third-order valence-electron chi connectivity index (χ3n) is 2.37. The van der Waals surface area contributed by atoms with Crippen LogP contribution in [-0.4, -0.2) is 20.4 Å². The minimum absolute atomic E-state index is 0.363. The normalized spacial score (nSPS) is 12.6. The first-order chi connectivity index (χ1) is 7.68. The van der Waals surface area contributed by atoms with Crippen molar-refractivity contribution in [2.75, 3.05) is 0 Å². The summed E-state index contributed by atoms with van der Waals surface area (Å²) in [6.45, 7) is 1.76. The lowest BCUT2D eigenvalue weighted by Gasteiger charge is -2.11. The Balaban J connectivity index is 2.22. The standard InChI is InChI=1S/C10H12N4OS/c1-7(10(11)15)14-4-2-12-8(14)6-9-13-3-5-16-9/h2-5,7H,6H2,1H3,(H2,11,15). The van der Waals surface area contributed by atoms with Crippen LogP contribution in [0.3, 0.4) is 0 Å². The largest absolute Gasteiger partial charge is 0.368 e. The number of nitrogens with two attached hydrogens (primary N) is 1. The van der Waals surface area contributed by atoms with Crippen molar-refractivity contribution < 1.29 is 4.79 Å². The third-order valence-corrected chi connectivity index (χ3v) is 3.15. The summed E-state index contributed by atoms with van der Waals surface area (Å²) in [6, 6.07) is -0.377. The fourth-order valence-corrected chi connectivity index (χ4v) is 2.06. The van der Waals surface area contributed by atoms with E-state index in [4.69, 9.17) is 5.73 Å². The smallest absolute Gasteiger partial charge is 0.240 e. The number of carbonyl (C=O) groups is 1. The molecule has 0 radical (unpaired) electrons. The summed E-state index contributed by atoms with van der Waals surface area (Å²) in [7, 11) is 0. The van der Waals surface area contributed by atoms with Gasteiger partial charge in [0.25, 0.3) is 0 Å². The van der Waals surface area contributed by atoms with E-state index in [2.05, 4.69) is 9.97 Å². The van der Waals surface area contributed by atoms with Gasteiger partial charge in [-0.2, -0.15) is 0 Å². The van der Waals surface area contributed by atoms with Gasteiger partial charge in [-0.05, 0) is 6.92 Å². The zero-order chi connectivity index (χ0) is 11.5. The second-order valence-electron chi connectivity index (χ2n) is 3.43. The second-order valence-corrected chi connectivity index (χ2v) is 4.41. The number of hydrogen-bond acceptors (Lipinski definition) is 4. The summed E-state index contributed by atoms with van der Waals surface area (Å²) in [4.78, 5) is 19.5. The second kappa shape index (κ2) is 4.44. The van der Waals surface area contributed by atoms with E-state index >= 15 is 0 Å². The lowest BCUT2D eigenvalue weighted by Crippen LogP contribution is -2.25. The van der Waals surface area contributed by atoms with Crippen LogP contribution in [-0.2, 0) is 11.2 Å². The molecule has 0 spiro atoms. The molecule has 1 unspecified atom stereocenters. The molecular weight excluding hydrogens is 224 g/mol. The Morgan fingerprint density at radius 1 is 1.56 bits per heavy atom. The molecule has 0 aliphatic rings. The van der Waals surface area contributed by atoms with Crippen LogP contribution < -0.4 is 5.73 Å². The highest BCUT2D eigenvalue weighted by atomic mass is 32.1. The van der Waals surface area contributed by atoms with Crippen LogP contribution in [0.5, 0.6) is 0 Å². The summed E-state index contributed by atoms with van der Waals surface area (Å²) >= 11 is 1.57. The van der Waals surface area contributed by atoms with E-state index in [1.165, 1.54) is 0 Å². The highest BCUT2D eigenvalue weighted by Crippen LogP contribution is 2.14. The molecule has 2 aromatic rings. The first-order valence-electron chi connectivity index (χ1n) is 4.88. The van der Waals surface area contributed by atoms with Crippen LogP contribution in [0, 0.1) is 0 Å². The number of hydrogen-bond donors (Lipinski definition) is 1. The minimum Gasteiger partial charge on any atom is -0.368 e. The van der Waals surface area contributed by atoms with E-state index in [1.807, 2.05) is 5.38 Å². The zero-order valence-electron chi connectivity index (χ0n) is 8.83. The number of primary amides is 1. The highest BCUT2D eigenvalue weighted by Gasteiger charge is 2.15. The Bertz CT molecular complexity index is 477. The van der Waals surface area contributed by atoms with E-state index in [9.17, 15) is 4.79 Å². The van der Waals surface area contributed by atoms with Gasteiger partial charge in [0.2, 0.25) is 5.91 Å². The van der Waals surface area contributed by atoms with E-state index < -0.39 is 0 Å². The van der Waals surface area contributed by atoms with Gasteiger partial charge in [0.1, 0.15) is 11.9 Å². The summed E-state index contributed by atoms with van der Waals surface area (Å²) in [5.41, 5.74) is 5.27. The van der Waals surface area contributed by atoms with Crippen molar-refractivity contribution in [2.45, 2.75) is 19.4 Å². The molecule has 0 saturated carbocycles. The van der Waals surface area contributed by atoms with Gasteiger partial charge in [0, 0.05) is 24.0 Å². The van der Waals surface area contributed by atoms with Crippen LogP contribution in [0.1, 0.15) is 23.8 Å². The van der Waals surface area contributed by atoms with Gasteiger partial charge >= 0.3 is 0 Å². The van der Waals surface area contributed by atoms with Gasteiger partial charge in [-0.3, -0.25) is 4.79 Å². The molecule has 1 amide bonds. The molecule has 2 heterocycles. The van der Waals surface area contributed by atoms with Gasteiger partial charge in [-0.15, -0.1) is 11.3 Å². The molecule has 2 rings (SSSR count). The molecular formula is C10H12N4OS. The molecule has 2 aromatic heterocycles. The summed E-state index contributed by atoms with van der Waals surface area (Å²) < 4.78 is 1.78. The lowest BCUT2D eigenvalue weighted by molar-refractivity contribution is -0.120. The van der Waals surface area contributed by atoms with Crippen molar-refractivity contribution in [3.63, 3.8) is 0 Å². The van der Waals surface area contributed by atoms with Crippen molar-refractivity contribution in [2.24, 2.45) is 5.73 Å². The van der Waals surface area contributed by atoms with E-state index in [1.54, 1.807) is 41.4 Å². The fourth-order valence-electron chi connectivity index (χ4n) is 1.45. The molecule has 0 aromatic carbocycles. The number of carbonyl (C=O) groups excluding carboxylic acids is 1. The Morgan fingerprint density at radius 2 is 2.38 bits per heavy atom. The molecule has 2 N–H and O–H groups in total. The molecule has 0 aliphatic heterocycles. The average Bonchev–Trinajstić information content (AvgIpc) is 2.88. The van der Waals surface area contributed by atoms with Crippen molar-refractivity contribution in [3.05, 3.63) is 34.8 Å². The molecule has 0 aliphatic carbocycles. The predicted octanol–water partition coefficient (Wildman–Crippen LogP) is 0.977. The molecule has 84 valence electrons. The summed E-state index contributed by atoms with van der Waals surface area (Å²) in [6.07, 6.45) is 5.81. The van der Waals surface area contributed by atoms with Crippen LogP contribution in [0.15, 0.2) is 24.0 Å². The van der Waals surface area contributed by atoms with E-state index in [-0.39, 0.29) is 11.9 Å². The maximum Gasteiger partial charge on any atom is 0.240 e. The molecule has 6 heteroatoms. The average molecular weight is 236 g/mol. The third kappa shape index (κ3) is 2.11. The van der Waals surface area contributed by atoms with Crippen LogP contribution in [0.4, 0.5) is 0 Å². The monoisotopic (exact) mass is 236 g/mol. The number of aromatic nitrogens is 3. The Kier molecular flexibility index (Phi) is 3.00. The van der Waals surface area contributed by atoms with Gasteiger partial charge in [0.05, 0.1) is 11.4 Å². The number of amides is 1. The SMILES string of the molecule is CC(C(N)=O)n1ccnc1Cc1nccs1. The minimum atomic E-state index is -0.377. The molecule has 0 fully saturated rings. The van der Waals surface area contributed by atoms with Gasteiger partial charge in [-0.25, -0.2) is 9.97 Å². The van der Waals surface area contributed by atoms with Crippen molar-refractivity contribution >= 4 is 17.2 Å². The maximum absolute atomic E-state index is 11.1. The topological polar surface area (TPSA) is 73.8 Å². The van der Waals surface area contributed by atoms with Crippen molar-refractivity contribution in [1.29, 1.82) is 0 Å². The maximum atomic E-state index is 11.1. The zero-order valence-corrected chi connectivity index (χ0v) is 9.65. The molecule has 16 heavy (non-hydrogen) atoms. The Labute approximate surface area is 96.9 Å². The van der Waals surface area contributed by atoms with Gasteiger partial charge in [0.15, 0.2) is 0 Å². The van der Waals surface area contributed by atoms with Gasteiger partial charge < -0.3 is 10.3 Å². The molecule has 1 atom stereocenters. The van der Waals surface area contributed by atoms with Crippen LogP contribution >= 0.6 is 11.3 Å². The lowest BCUT2D eigenvalue weighted by atomic mass is 10.3. The first kappa shape index (κ1) is 10.8. The predicted molar refractivity (Wildman–Crippen MR) is 61.1 cm³/mol. The van der Waals surface area contributed by atoms with Crippen LogP contribution in [0.2, 0.25) is 0 Å². The van der Waals surface area contributed by atoms with Crippen molar-refractivity contribution in [1.82, 2.24) is 14.5 Å². The Morgan fingerprint density at radius 3 is 3.00 bits per heavy atom. The van der Waals surface area contributed by atoms with Crippen LogP contribution in [0.25, 0.3) is 0 Å².